The molecule has 66 valence electrons. The van der Waals surface area contributed by atoms with Crippen molar-refractivity contribution in [3.63, 3.8) is 0 Å². The highest BCUT2D eigenvalue weighted by molar-refractivity contribution is 5.87. The summed E-state index contributed by atoms with van der Waals surface area (Å²) in [4.78, 5) is 0. The number of halogens is 1. The van der Waals surface area contributed by atoms with Crippen molar-refractivity contribution in [2.24, 2.45) is 0 Å². The Morgan fingerprint density at radius 3 is 2.62 bits per heavy atom. The topological polar surface area (TPSA) is 20.2 Å². The Hall–Kier alpha value is -1.57. The fourth-order valence-electron chi connectivity index (χ4n) is 1.46. The molecule has 1 N–H and O–H groups in total. The molecule has 0 aliphatic rings. The van der Waals surface area contributed by atoms with E-state index in [-0.39, 0.29) is 5.75 Å². The molecule has 0 unspecified atom stereocenters. The van der Waals surface area contributed by atoms with E-state index in [9.17, 15) is 9.50 Å². The average molecular weight is 176 g/mol. The number of benzene rings is 2. The Kier molecular flexibility index (Phi) is 1.89. The fraction of sp³-hybridized carbons (Fsp3) is 0.0909. The Labute approximate surface area is 75.4 Å². The van der Waals surface area contributed by atoms with Crippen LogP contribution in [0, 0.1) is 0 Å². The van der Waals surface area contributed by atoms with Crippen LogP contribution in [0.5, 0.6) is 5.75 Å². The molecule has 1 nitrogen and oxygen atoms in total. The van der Waals surface area contributed by atoms with Gasteiger partial charge in [0.1, 0.15) is 12.4 Å². The smallest absolute Gasteiger partial charge is 0.122 e. The third-order valence-electron chi connectivity index (χ3n) is 2.15. The van der Waals surface area contributed by atoms with Gasteiger partial charge < -0.3 is 5.11 Å². The quantitative estimate of drug-likeness (QED) is 0.708. The molecule has 2 aromatic carbocycles. The van der Waals surface area contributed by atoms with Crippen LogP contribution in [0.4, 0.5) is 4.39 Å². The summed E-state index contributed by atoms with van der Waals surface area (Å²) in [6.07, 6.45) is 0. The van der Waals surface area contributed by atoms with Crippen LogP contribution in [0.1, 0.15) is 5.56 Å². The van der Waals surface area contributed by atoms with Crippen molar-refractivity contribution in [3.8, 4) is 5.75 Å². The van der Waals surface area contributed by atoms with E-state index in [1.54, 1.807) is 6.07 Å². The average Bonchev–Trinajstić information content (AvgIpc) is 2.18. The number of rotatable bonds is 1. The molecule has 0 aromatic heterocycles. The zero-order chi connectivity index (χ0) is 9.26. The van der Waals surface area contributed by atoms with E-state index < -0.39 is 6.67 Å². The summed E-state index contributed by atoms with van der Waals surface area (Å²) >= 11 is 0. The van der Waals surface area contributed by atoms with Crippen LogP contribution in [-0.4, -0.2) is 5.11 Å². The lowest BCUT2D eigenvalue weighted by Crippen LogP contribution is -1.83. The molecule has 0 radical (unpaired) electrons. The van der Waals surface area contributed by atoms with Crippen LogP contribution in [0.2, 0.25) is 0 Å². The van der Waals surface area contributed by atoms with Crippen LogP contribution in [0.3, 0.4) is 0 Å². The predicted molar refractivity (Wildman–Crippen MR) is 50.4 cm³/mol. The van der Waals surface area contributed by atoms with Gasteiger partial charge in [-0.2, -0.15) is 0 Å². The highest BCUT2D eigenvalue weighted by Crippen LogP contribution is 2.27. The van der Waals surface area contributed by atoms with Gasteiger partial charge in [0, 0.05) is 5.56 Å². The van der Waals surface area contributed by atoms with E-state index in [2.05, 4.69) is 0 Å². The van der Waals surface area contributed by atoms with Gasteiger partial charge in [-0.25, -0.2) is 4.39 Å². The van der Waals surface area contributed by atoms with Crippen molar-refractivity contribution in [1.29, 1.82) is 0 Å². The van der Waals surface area contributed by atoms with E-state index in [4.69, 9.17) is 0 Å². The van der Waals surface area contributed by atoms with Gasteiger partial charge in [-0.1, -0.05) is 30.3 Å². The minimum Gasteiger partial charge on any atom is -0.508 e. The number of hydrogen-bond donors (Lipinski definition) is 1. The number of phenols is 1. The van der Waals surface area contributed by atoms with Gasteiger partial charge in [0.2, 0.25) is 0 Å². The first-order valence-corrected chi connectivity index (χ1v) is 4.08. The first-order chi connectivity index (χ1) is 6.33. The predicted octanol–water partition coefficient (Wildman–Crippen LogP) is 3.01. The van der Waals surface area contributed by atoms with E-state index in [0.717, 1.165) is 10.8 Å². The highest BCUT2D eigenvalue weighted by atomic mass is 19.1. The van der Waals surface area contributed by atoms with Crippen molar-refractivity contribution in [2.75, 3.05) is 0 Å². The summed E-state index contributed by atoms with van der Waals surface area (Å²) in [7, 11) is 0. The lowest BCUT2D eigenvalue weighted by Gasteiger charge is -2.04. The minimum absolute atomic E-state index is 0.0289. The van der Waals surface area contributed by atoms with Gasteiger partial charge in [-0.3, -0.25) is 0 Å². The molecule has 2 heteroatoms. The number of alkyl halides is 1. The largest absolute Gasteiger partial charge is 0.508 e. The van der Waals surface area contributed by atoms with Crippen LogP contribution >= 0.6 is 0 Å². The summed E-state index contributed by atoms with van der Waals surface area (Å²) in [5, 5.41) is 11.1. The highest BCUT2D eigenvalue weighted by Gasteiger charge is 2.04. The van der Waals surface area contributed by atoms with E-state index in [1.165, 1.54) is 6.07 Å². The van der Waals surface area contributed by atoms with Crippen LogP contribution in [-0.2, 0) is 6.67 Å². The lowest BCUT2D eigenvalue weighted by molar-refractivity contribution is 0.435. The van der Waals surface area contributed by atoms with Gasteiger partial charge in [0.05, 0.1) is 0 Å². The maximum absolute atomic E-state index is 12.6. The van der Waals surface area contributed by atoms with Crippen molar-refractivity contribution in [3.05, 3.63) is 42.0 Å². The summed E-state index contributed by atoms with van der Waals surface area (Å²) in [5.74, 6) is 0.0289. The Bertz CT molecular complexity index is 437. The molecular weight excluding hydrogens is 167 g/mol. The lowest BCUT2D eigenvalue weighted by atomic mass is 10.0. The SMILES string of the molecule is Oc1ccc2ccccc2c1CF. The summed E-state index contributed by atoms with van der Waals surface area (Å²) in [6, 6.07) is 10.7. The number of aromatic hydroxyl groups is 1. The molecule has 13 heavy (non-hydrogen) atoms. The van der Waals surface area contributed by atoms with Gasteiger partial charge in [-0.05, 0) is 16.8 Å². The standard InChI is InChI=1S/C11H9FO/c12-7-10-9-4-2-1-3-8(9)5-6-11(10)13/h1-6,13H,7H2. The molecule has 0 fully saturated rings. The Morgan fingerprint density at radius 1 is 1.08 bits per heavy atom. The maximum Gasteiger partial charge on any atom is 0.122 e. The van der Waals surface area contributed by atoms with Crippen molar-refractivity contribution < 1.29 is 9.50 Å². The molecular formula is C11H9FO. The van der Waals surface area contributed by atoms with E-state index in [0.29, 0.717) is 5.56 Å². The fourth-order valence-corrected chi connectivity index (χ4v) is 1.46. The minimum atomic E-state index is -0.632. The number of fused-ring (bicyclic) bond motifs is 1. The molecule has 2 aromatic rings. The molecule has 0 bridgehead atoms. The van der Waals surface area contributed by atoms with Crippen molar-refractivity contribution in [2.45, 2.75) is 6.67 Å². The second-order valence-corrected chi connectivity index (χ2v) is 2.92. The number of phenolic OH excluding ortho intramolecular Hbond substituents is 1. The monoisotopic (exact) mass is 176 g/mol. The third-order valence-corrected chi connectivity index (χ3v) is 2.15. The molecule has 0 saturated heterocycles. The number of hydrogen-bond acceptors (Lipinski definition) is 1. The maximum atomic E-state index is 12.6. The molecule has 0 spiro atoms. The van der Waals surface area contributed by atoms with Gasteiger partial charge in [0.15, 0.2) is 0 Å². The Balaban J connectivity index is 2.84. The van der Waals surface area contributed by atoms with Crippen LogP contribution in [0.15, 0.2) is 36.4 Å². The molecule has 0 aliphatic carbocycles. The third kappa shape index (κ3) is 1.24. The van der Waals surface area contributed by atoms with E-state index in [1.807, 2.05) is 24.3 Å². The van der Waals surface area contributed by atoms with Crippen LogP contribution < -0.4 is 0 Å². The van der Waals surface area contributed by atoms with Crippen molar-refractivity contribution in [1.82, 2.24) is 0 Å². The molecule has 0 atom stereocenters. The summed E-state index contributed by atoms with van der Waals surface area (Å²) in [6.45, 7) is -0.632. The van der Waals surface area contributed by atoms with Gasteiger partial charge in [0.25, 0.3) is 0 Å². The van der Waals surface area contributed by atoms with Gasteiger partial charge in [-0.15, -0.1) is 0 Å². The molecule has 0 amide bonds. The zero-order valence-electron chi connectivity index (χ0n) is 7.00. The molecule has 0 heterocycles. The van der Waals surface area contributed by atoms with Crippen molar-refractivity contribution >= 4 is 10.8 Å². The first-order valence-electron chi connectivity index (χ1n) is 4.08. The van der Waals surface area contributed by atoms with Gasteiger partial charge >= 0.3 is 0 Å². The molecule has 0 aliphatic heterocycles. The summed E-state index contributed by atoms with van der Waals surface area (Å²) < 4.78 is 12.6. The second-order valence-electron chi connectivity index (χ2n) is 2.92. The van der Waals surface area contributed by atoms with E-state index >= 15 is 0 Å². The Morgan fingerprint density at radius 2 is 1.85 bits per heavy atom. The normalized spacial score (nSPS) is 10.5. The molecule has 2 rings (SSSR count). The second kappa shape index (κ2) is 3.05. The first kappa shape index (κ1) is 8.05. The summed E-state index contributed by atoms with van der Waals surface area (Å²) in [5.41, 5.74) is 0.373. The van der Waals surface area contributed by atoms with Crippen LogP contribution in [0.25, 0.3) is 10.8 Å². The zero-order valence-corrected chi connectivity index (χ0v) is 7.00. The molecule has 0 saturated carbocycles.